The Morgan fingerprint density at radius 2 is 1.95 bits per heavy atom. The van der Waals surface area contributed by atoms with Crippen LogP contribution in [0.15, 0.2) is 18.2 Å². The highest BCUT2D eigenvalue weighted by Gasteiger charge is 2.23. The smallest absolute Gasteiger partial charge is 0.259 e. The lowest BCUT2D eigenvalue weighted by Crippen LogP contribution is -2.47. The summed E-state index contributed by atoms with van der Waals surface area (Å²) < 4.78 is 10.4. The third-order valence-corrected chi connectivity index (χ3v) is 3.26. The summed E-state index contributed by atoms with van der Waals surface area (Å²) in [5.41, 5.74) is 0.370. The van der Waals surface area contributed by atoms with Gasteiger partial charge in [-0.25, -0.2) is 0 Å². The highest BCUT2D eigenvalue weighted by molar-refractivity contribution is 6.00. The van der Waals surface area contributed by atoms with E-state index in [1.807, 2.05) is 0 Å². The van der Waals surface area contributed by atoms with Gasteiger partial charge >= 0.3 is 0 Å². The van der Waals surface area contributed by atoms with Crippen molar-refractivity contribution in [1.29, 1.82) is 0 Å². The highest BCUT2D eigenvalue weighted by atomic mass is 16.5. The van der Waals surface area contributed by atoms with Crippen molar-refractivity contribution in [3.05, 3.63) is 23.8 Å². The number of amides is 2. The molecule has 0 spiro atoms. The molecule has 1 aliphatic rings. The normalized spacial score (nSPS) is 18.1. The van der Waals surface area contributed by atoms with Crippen LogP contribution in [0, 0.1) is 0 Å². The summed E-state index contributed by atoms with van der Waals surface area (Å²) >= 11 is 0. The monoisotopic (exact) mass is 278 g/mol. The first kappa shape index (κ1) is 14.2. The van der Waals surface area contributed by atoms with Crippen molar-refractivity contribution in [2.45, 2.75) is 18.9 Å². The molecule has 1 aliphatic heterocycles. The fourth-order valence-corrected chi connectivity index (χ4v) is 2.19. The van der Waals surface area contributed by atoms with Crippen LogP contribution in [0.5, 0.6) is 11.5 Å². The Hall–Kier alpha value is -2.24. The first-order valence-corrected chi connectivity index (χ1v) is 6.44. The Balaban J connectivity index is 2.14. The van der Waals surface area contributed by atoms with Crippen LogP contribution in [0.25, 0.3) is 0 Å². The number of methoxy groups -OCH3 is 2. The molecule has 0 saturated carbocycles. The Kier molecular flexibility index (Phi) is 4.45. The van der Waals surface area contributed by atoms with E-state index in [0.29, 0.717) is 36.4 Å². The standard InChI is InChI=1S/C14H18N2O4/c1-19-10-4-3-5-11(20-2)13(10)14(18)16-9-6-7-12(17)15-8-9/h3-5,9H,6-8H2,1-2H3,(H,15,17)(H,16,18). The first-order chi connectivity index (χ1) is 9.65. The van der Waals surface area contributed by atoms with Gasteiger partial charge in [0.15, 0.2) is 0 Å². The largest absolute Gasteiger partial charge is 0.496 e. The molecule has 1 atom stereocenters. The second-order valence-electron chi connectivity index (χ2n) is 4.55. The number of carbonyl (C=O) groups excluding carboxylic acids is 2. The van der Waals surface area contributed by atoms with Crippen LogP contribution < -0.4 is 20.1 Å². The van der Waals surface area contributed by atoms with Crippen molar-refractivity contribution in [1.82, 2.24) is 10.6 Å². The minimum Gasteiger partial charge on any atom is -0.496 e. The Bertz CT molecular complexity index is 484. The van der Waals surface area contributed by atoms with Gasteiger partial charge in [-0.3, -0.25) is 9.59 Å². The van der Waals surface area contributed by atoms with Crippen LogP contribution in [0.3, 0.4) is 0 Å². The molecule has 6 nitrogen and oxygen atoms in total. The zero-order chi connectivity index (χ0) is 14.5. The second kappa shape index (κ2) is 6.27. The SMILES string of the molecule is COc1cccc(OC)c1C(=O)NC1CCC(=O)NC1. The number of hydrogen-bond donors (Lipinski definition) is 2. The maximum Gasteiger partial charge on any atom is 0.259 e. The molecule has 1 aromatic carbocycles. The molecular formula is C14H18N2O4. The highest BCUT2D eigenvalue weighted by Crippen LogP contribution is 2.28. The second-order valence-corrected chi connectivity index (χ2v) is 4.55. The summed E-state index contributed by atoms with van der Waals surface area (Å²) in [6, 6.07) is 5.10. The van der Waals surface area contributed by atoms with E-state index in [0.717, 1.165) is 0 Å². The molecule has 108 valence electrons. The van der Waals surface area contributed by atoms with Gasteiger partial charge in [0.25, 0.3) is 5.91 Å². The predicted octanol–water partition coefficient (Wildman–Crippen LogP) is 0.712. The van der Waals surface area contributed by atoms with Gasteiger partial charge in [0.2, 0.25) is 5.91 Å². The molecule has 0 aliphatic carbocycles. The number of carbonyl (C=O) groups is 2. The average Bonchev–Trinajstić information content (AvgIpc) is 2.48. The molecule has 1 saturated heterocycles. The molecule has 0 bridgehead atoms. The summed E-state index contributed by atoms with van der Waals surface area (Å²) in [6.07, 6.45) is 1.06. The van der Waals surface area contributed by atoms with Crippen LogP contribution in [-0.4, -0.2) is 38.6 Å². The topological polar surface area (TPSA) is 76.7 Å². The molecule has 6 heteroatoms. The maximum absolute atomic E-state index is 12.4. The summed E-state index contributed by atoms with van der Waals surface area (Å²) in [5, 5.41) is 5.62. The van der Waals surface area contributed by atoms with Gasteiger partial charge in [-0.2, -0.15) is 0 Å². The average molecular weight is 278 g/mol. The van der Waals surface area contributed by atoms with Gasteiger partial charge in [-0.15, -0.1) is 0 Å². The molecule has 2 amide bonds. The van der Waals surface area contributed by atoms with Gasteiger partial charge in [0.1, 0.15) is 17.1 Å². The van der Waals surface area contributed by atoms with E-state index < -0.39 is 0 Å². The van der Waals surface area contributed by atoms with Crippen LogP contribution in [0.4, 0.5) is 0 Å². The molecule has 2 N–H and O–H groups in total. The van der Waals surface area contributed by atoms with Crippen molar-refractivity contribution >= 4 is 11.8 Å². The molecule has 1 aromatic rings. The molecular weight excluding hydrogens is 260 g/mol. The van der Waals surface area contributed by atoms with Crippen LogP contribution in [-0.2, 0) is 4.79 Å². The molecule has 2 rings (SSSR count). The number of rotatable bonds is 4. The summed E-state index contributed by atoms with van der Waals surface area (Å²) in [7, 11) is 3.01. The van der Waals surface area contributed by atoms with E-state index in [1.165, 1.54) is 14.2 Å². The number of benzene rings is 1. The lowest BCUT2D eigenvalue weighted by molar-refractivity contribution is -0.122. The first-order valence-electron chi connectivity index (χ1n) is 6.44. The minimum absolute atomic E-state index is 0.0189. The van der Waals surface area contributed by atoms with Crippen LogP contribution in [0.2, 0.25) is 0 Å². The summed E-state index contributed by atoms with van der Waals surface area (Å²) in [4.78, 5) is 23.5. The van der Waals surface area contributed by atoms with Crippen LogP contribution in [0.1, 0.15) is 23.2 Å². The Morgan fingerprint density at radius 3 is 2.45 bits per heavy atom. The molecule has 0 aromatic heterocycles. The zero-order valence-corrected chi connectivity index (χ0v) is 11.6. The van der Waals surface area contributed by atoms with E-state index in [9.17, 15) is 9.59 Å². The van der Waals surface area contributed by atoms with Crippen molar-refractivity contribution in [3.63, 3.8) is 0 Å². The third kappa shape index (κ3) is 3.01. The third-order valence-electron chi connectivity index (χ3n) is 3.26. The number of ether oxygens (including phenoxy) is 2. The molecule has 1 heterocycles. The van der Waals surface area contributed by atoms with E-state index in [2.05, 4.69) is 10.6 Å². The lowest BCUT2D eigenvalue weighted by atomic mass is 10.1. The summed E-state index contributed by atoms with van der Waals surface area (Å²) in [6.45, 7) is 0.446. The van der Waals surface area contributed by atoms with E-state index >= 15 is 0 Å². The Labute approximate surface area is 117 Å². The predicted molar refractivity (Wildman–Crippen MR) is 73.0 cm³/mol. The van der Waals surface area contributed by atoms with E-state index in [1.54, 1.807) is 18.2 Å². The number of nitrogens with one attached hydrogen (secondary N) is 2. The minimum atomic E-state index is -0.263. The lowest BCUT2D eigenvalue weighted by Gasteiger charge is -2.24. The van der Waals surface area contributed by atoms with Gasteiger partial charge < -0.3 is 20.1 Å². The molecule has 1 unspecified atom stereocenters. The molecule has 0 radical (unpaired) electrons. The Morgan fingerprint density at radius 1 is 1.30 bits per heavy atom. The fraction of sp³-hybridized carbons (Fsp3) is 0.429. The van der Waals surface area contributed by atoms with Gasteiger partial charge in [0.05, 0.1) is 14.2 Å². The van der Waals surface area contributed by atoms with Crippen molar-refractivity contribution in [3.8, 4) is 11.5 Å². The number of hydrogen-bond acceptors (Lipinski definition) is 4. The van der Waals surface area contributed by atoms with Gasteiger partial charge in [-0.1, -0.05) is 6.07 Å². The van der Waals surface area contributed by atoms with Crippen molar-refractivity contribution in [2.75, 3.05) is 20.8 Å². The quantitative estimate of drug-likeness (QED) is 0.850. The van der Waals surface area contributed by atoms with Crippen molar-refractivity contribution < 1.29 is 19.1 Å². The molecule has 20 heavy (non-hydrogen) atoms. The van der Waals surface area contributed by atoms with Crippen LogP contribution >= 0.6 is 0 Å². The van der Waals surface area contributed by atoms with E-state index in [4.69, 9.17) is 9.47 Å². The van der Waals surface area contributed by atoms with Gasteiger partial charge in [0, 0.05) is 19.0 Å². The summed E-state index contributed by atoms with van der Waals surface area (Å²) in [5.74, 6) is 0.675. The van der Waals surface area contributed by atoms with Gasteiger partial charge in [-0.05, 0) is 18.6 Å². The maximum atomic E-state index is 12.4. The number of piperidine rings is 1. The van der Waals surface area contributed by atoms with E-state index in [-0.39, 0.29) is 17.9 Å². The fourth-order valence-electron chi connectivity index (χ4n) is 2.19. The van der Waals surface area contributed by atoms with Crippen molar-refractivity contribution in [2.24, 2.45) is 0 Å². The zero-order valence-electron chi connectivity index (χ0n) is 11.6. The molecule has 1 fully saturated rings.